The number of rotatable bonds is 2. The van der Waals surface area contributed by atoms with Crippen molar-refractivity contribution >= 4 is 34.6 Å². The van der Waals surface area contributed by atoms with Gasteiger partial charge >= 0.3 is 6.18 Å². The minimum absolute atomic E-state index is 0.297. The number of hydrogen-bond donors (Lipinski definition) is 1. The van der Waals surface area contributed by atoms with Crippen molar-refractivity contribution in [3.63, 3.8) is 0 Å². The molecule has 0 atom stereocenters. The summed E-state index contributed by atoms with van der Waals surface area (Å²) in [4.78, 5) is 16.7. The smallest absolute Gasteiger partial charge is 0.300 e. The van der Waals surface area contributed by atoms with Crippen molar-refractivity contribution in [1.29, 1.82) is 0 Å². The Morgan fingerprint density at radius 1 is 1.12 bits per heavy atom. The van der Waals surface area contributed by atoms with Crippen molar-refractivity contribution in [2.45, 2.75) is 13.1 Å². The second kappa shape index (κ2) is 6.76. The number of nitrogens with zero attached hydrogens (tertiary/aromatic N) is 1. The minimum atomic E-state index is -4.42. The molecule has 0 unspecified atom stereocenters. The summed E-state index contributed by atoms with van der Waals surface area (Å²) < 4.78 is 38.3. The van der Waals surface area contributed by atoms with Crippen LogP contribution in [-0.4, -0.2) is 11.1 Å². The van der Waals surface area contributed by atoms with Gasteiger partial charge in [0.2, 0.25) is 0 Å². The lowest BCUT2D eigenvalue weighted by atomic mass is 10.1. The van der Waals surface area contributed by atoms with Gasteiger partial charge in [0.15, 0.2) is 5.17 Å². The number of thioether (sulfide) groups is 1. The maximum Gasteiger partial charge on any atom is 0.416 e. The maximum absolute atomic E-state index is 12.8. The van der Waals surface area contributed by atoms with E-state index in [4.69, 9.17) is 0 Å². The van der Waals surface area contributed by atoms with Crippen LogP contribution >= 0.6 is 11.8 Å². The first-order chi connectivity index (χ1) is 11.8. The van der Waals surface area contributed by atoms with Gasteiger partial charge in [0, 0.05) is 0 Å². The molecule has 0 spiro atoms. The molecule has 0 saturated carbocycles. The van der Waals surface area contributed by atoms with Crippen molar-refractivity contribution in [3.05, 3.63) is 70.1 Å². The monoisotopic (exact) mass is 362 g/mol. The Morgan fingerprint density at radius 2 is 1.88 bits per heavy atom. The van der Waals surface area contributed by atoms with Gasteiger partial charge in [0.25, 0.3) is 5.91 Å². The highest BCUT2D eigenvalue weighted by Crippen LogP contribution is 2.32. The molecule has 0 radical (unpaired) electrons. The number of nitrogens with one attached hydrogen (secondary N) is 1. The van der Waals surface area contributed by atoms with Gasteiger partial charge in [-0.15, -0.1) is 0 Å². The molecule has 0 bridgehead atoms. The first-order valence-electron chi connectivity index (χ1n) is 7.35. The van der Waals surface area contributed by atoms with Crippen LogP contribution in [0.2, 0.25) is 0 Å². The molecule has 0 aliphatic carbocycles. The molecule has 1 heterocycles. The summed E-state index contributed by atoms with van der Waals surface area (Å²) in [5.74, 6) is -0.381. The van der Waals surface area contributed by atoms with Gasteiger partial charge in [-0.1, -0.05) is 24.3 Å². The zero-order chi connectivity index (χ0) is 18.0. The molecule has 0 aromatic heterocycles. The summed E-state index contributed by atoms with van der Waals surface area (Å²) in [6.45, 7) is 1.93. The third-order valence-corrected chi connectivity index (χ3v) is 4.30. The molecule has 25 heavy (non-hydrogen) atoms. The van der Waals surface area contributed by atoms with Crippen LogP contribution in [0.3, 0.4) is 0 Å². The van der Waals surface area contributed by atoms with Crippen molar-refractivity contribution in [1.82, 2.24) is 5.32 Å². The third kappa shape index (κ3) is 4.30. The second-order valence-corrected chi connectivity index (χ2v) is 6.47. The van der Waals surface area contributed by atoms with Crippen molar-refractivity contribution in [2.75, 3.05) is 0 Å². The Bertz CT molecular complexity index is 888. The van der Waals surface area contributed by atoms with E-state index >= 15 is 0 Å². The molecular formula is C18H13F3N2OS. The number of carbonyl (C=O) groups excluding carboxylic acids is 1. The van der Waals surface area contributed by atoms with Gasteiger partial charge in [-0.3, -0.25) is 4.79 Å². The maximum atomic E-state index is 12.8. The molecule has 2 aromatic carbocycles. The molecule has 7 heteroatoms. The molecular weight excluding hydrogens is 349 g/mol. The molecule has 1 N–H and O–H groups in total. The van der Waals surface area contributed by atoms with Crippen LogP contribution in [0.25, 0.3) is 6.08 Å². The zero-order valence-electron chi connectivity index (χ0n) is 13.1. The van der Waals surface area contributed by atoms with E-state index in [1.54, 1.807) is 6.07 Å². The van der Waals surface area contributed by atoms with Crippen LogP contribution in [0, 0.1) is 6.92 Å². The zero-order valence-corrected chi connectivity index (χ0v) is 13.9. The Labute approximate surface area is 146 Å². The molecule has 1 amide bonds. The number of aryl methyl sites for hydroxylation is 1. The Balaban J connectivity index is 1.85. The molecule has 1 fully saturated rings. The molecule has 1 aliphatic rings. The first-order valence-corrected chi connectivity index (χ1v) is 8.16. The Hall–Kier alpha value is -2.54. The molecule has 128 valence electrons. The van der Waals surface area contributed by atoms with Gasteiger partial charge in [-0.25, -0.2) is 4.99 Å². The molecule has 3 rings (SSSR count). The predicted molar refractivity (Wildman–Crippen MR) is 93.4 cm³/mol. The van der Waals surface area contributed by atoms with Crippen LogP contribution in [0.5, 0.6) is 0 Å². The van der Waals surface area contributed by atoms with Crippen molar-refractivity contribution < 1.29 is 18.0 Å². The lowest BCUT2D eigenvalue weighted by Crippen LogP contribution is -2.19. The summed E-state index contributed by atoms with van der Waals surface area (Å²) in [6.07, 6.45) is -2.99. The standard InChI is InChI=1S/C18H13F3N2OS/c1-11-4-2-7-14(8-11)22-17-23-16(24)15(25-17)10-12-5-3-6-13(9-12)18(19,20)21/h2-10H,1H3,(H,22,23,24)/b15-10+. The van der Waals surface area contributed by atoms with Gasteiger partial charge in [-0.05, 0) is 60.2 Å². The molecule has 1 aliphatic heterocycles. The van der Waals surface area contributed by atoms with E-state index in [1.807, 2.05) is 25.1 Å². The van der Waals surface area contributed by atoms with Crippen LogP contribution in [0.4, 0.5) is 18.9 Å². The number of aliphatic imine (C=N–C) groups is 1. The highest BCUT2D eigenvalue weighted by atomic mass is 32.2. The summed E-state index contributed by atoms with van der Waals surface area (Å²) in [5.41, 5.74) is 1.29. The van der Waals surface area contributed by atoms with Crippen LogP contribution in [-0.2, 0) is 11.0 Å². The lowest BCUT2D eigenvalue weighted by Gasteiger charge is -2.06. The summed E-state index contributed by atoms with van der Waals surface area (Å²) in [7, 11) is 0. The minimum Gasteiger partial charge on any atom is -0.300 e. The number of halogens is 3. The Morgan fingerprint density at radius 3 is 2.60 bits per heavy atom. The second-order valence-electron chi connectivity index (χ2n) is 5.44. The van der Waals surface area contributed by atoms with Gasteiger partial charge in [0.05, 0.1) is 16.2 Å². The number of carbonyl (C=O) groups is 1. The van der Waals surface area contributed by atoms with Gasteiger partial charge in [0.1, 0.15) is 0 Å². The van der Waals surface area contributed by atoms with E-state index in [0.717, 1.165) is 29.5 Å². The van der Waals surface area contributed by atoms with E-state index < -0.39 is 11.7 Å². The highest BCUT2D eigenvalue weighted by molar-refractivity contribution is 8.18. The van der Waals surface area contributed by atoms with E-state index in [0.29, 0.717) is 21.3 Å². The van der Waals surface area contributed by atoms with Crippen molar-refractivity contribution in [2.24, 2.45) is 4.99 Å². The number of amides is 1. The number of alkyl halides is 3. The van der Waals surface area contributed by atoms with Gasteiger partial charge < -0.3 is 5.32 Å². The fraction of sp³-hybridized carbons (Fsp3) is 0.111. The topological polar surface area (TPSA) is 41.5 Å². The molecule has 2 aromatic rings. The fourth-order valence-corrected chi connectivity index (χ4v) is 3.09. The average Bonchev–Trinajstić information content (AvgIpc) is 2.86. The Kier molecular flexibility index (Phi) is 4.67. The van der Waals surface area contributed by atoms with Crippen molar-refractivity contribution in [3.8, 4) is 0 Å². The van der Waals surface area contributed by atoms with E-state index in [2.05, 4.69) is 10.3 Å². The average molecular weight is 362 g/mol. The van der Waals surface area contributed by atoms with E-state index in [-0.39, 0.29) is 5.91 Å². The third-order valence-electron chi connectivity index (χ3n) is 3.39. The molecule has 3 nitrogen and oxygen atoms in total. The van der Waals surface area contributed by atoms with E-state index in [9.17, 15) is 18.0 Å². The van der Waals surface area contributed by atoms with E-state index in [1.165, 1.54) is 18.2 Å². The summed E-state index contributed by atoms with van der Waals surface area (Å²) in [6, 6.07) is 12.3. The quantitative estimate of drug-likeness (QED) is 0.772. The largest absolute Gasteiger partial charge is 0.416 e. The molecule has 1 saturated heterocycles. The summed E-state index contributed by atoms with van der Waals surface area (Å²) >= 11 is 1.10. The number of benzene rings is 2. The normalized spacial score (nSPS) is 18.0. The number of hydrogen-bond acceptors (Lipinski definition) is 3. The van der Waals surface area contributed by atoms with Crippen LogP contribution < -0.4 is 5.32 Å². The summed E-state index contributed by atoms with van der Waals surface area (Å²) in [5, 5.41) is 3.02. The van der Waals surface area contributed by atoms with Crippen LogP contribution in [0.1, 0.15) is 16.7 Å². The number of amidine groups is 1. The van der Waals surface area contributed by atoms with Crippen LogP contribution in [0.15, 0.2) is 58.4 Å². The predicted octanol–water partition coefficient (Wildman–Crippen LogP) is 4.91. The highest BCUT2D eigenvalue weighted by Gasteiger charge is 2.30. The fourth-order valence-electron chi connectivity index (χ4n) is 2.25. The SMILES string of the molecule is Cc1cccc(N=C2NC(=O)/C(=C\c3cccc(C(F)(F)F)c3)S2)c1. The first kappa shape index (κ1) is 17.3. The lowest BCUT2D eigenvalue weighted by molar-refractivity contribution is -0.137. The van der Waals surface area contributed by atoms with Gasteiger partial charge in [-0.2, -0.15) is 13.2 Å².